The zero-order chi connectivity index (χ0) is 25.0. The maximum atomic E-state index is 12.0. The van der Waals surface area contributed by atoms with Gasteiger partial charge in [0.25, 0.3) is 0 Å². The summed E-state index contributed by atoms with van der Waals surface area (Å²) >= 11 is 0. The second-order valence-corrected chi connectivity index (χ2v) is 10.1. The van der Waals surface area contributed by atoms with E-state index < -0.39 is 11.7 Å². The van der Waals surface area contributed by atoms with Crippen LogP contribution in [0.1, 0.15) is 50.8 Å². The van der Waals surface area contributed by atoms with Crippen LogP contribution in [0.2, 0.25) is 0 Å². The van der Waals surface area contributed by atoms with Crippen molar-refractivity contribution in [2.45, 2.75) is 58.7 Å². The molecule has 3 aromatic rings. The predicted octanol–water partition coefficient (Wildman–Crippen LogP) is 4.68. The molecular formula is C26H35N7O2. The highest BCUT2D eigenvalue weighted by Crippen LogP contribution is 2.25. The van der Waals surface area contributed by atoms with E-state index in [1.807, 2.05) is 63.0 Å². The number of aryl methyl sites for hydroxylation is 1. The third kappa shape index (κ3) is 6.79. The van der Waals surface area contributed by atoms with Gasteiger partial charge in [-0.3, -0.25) is 4.68 Å². The maximum absolute atomic E-state index is 12.0. The van der Waals surface area contributed by atoms with Crippen molar-refractivity contribution >= 4 is 17.7 Å². The molecule has 2 N–H and O–H groups in total. The highest BCUT2D eigenvalue weighted by molar-refractivity contribution is 5.68. The molecule has 9 heteroatoms. The second-order valence-electron chi connectivity index (χ2n) is 10.1. The Morgan fingerprint density at radius 1 is 1.20 bits per heavy atom. The quantitative estimate of drug-likeness (QED) is 0.532. The van der Waals surface area contributed by atoms with Crippen molar-refractivity contribution in [2.24, 2.45) is 0 Å². The molecule has 1 aromatic carbocycles. The number of rotatable bonds is 6. The molecule has 1 aliphatic heterocycles. The Kier molecular flexibility index (Phi) is 7.35. The van der Waals surface area contributed by atoms with Crippen molar-refractivity contribution in [1.29, 1.82) is 0 Å². The monoisotopic (exact) mass is 477 g/mol. The molecule has 0 radical (unpaired) electrons. The molecular weight excluding hydrogens is 442 g/mol. The minimum absolute atomic E-state index is 0.402. The van der Waals surface area contributed by atoms with E-state index in [1.54, 1.807) is 6.20 Å². The Labute approximate surface area is 206 Å². The number of nitrogens with zero attached hydrogens (tertiary/aromatic N) is 5. The zero-order valence-electron chi connectivity index (χ0n) is 21.2. The van der Waals surface area contributed by atoms with E-state index in [-0.39, 0.29) is 0 Å². The van der Waals surface area contributed by atoms with Crippen LogP contribution in [0.4, 0.5) is 16.4 Å². The summed E-state index contributed by atoms with van der Waals surface area (Å²) < 4.78 is 7.36. The number of likely N-dealkylation sites (tertiary alicyclic amines) is 1. The van der Waals surface area contributed by atoms with Gasteiger partial charge in [-0.25, -0.2) is 14.8 Å². The third-order valence-corrected chi connectivity index (χ3v) is 6.04. The van der Waals surface area contributed by atoms with Gasteiger partial charge in [0.15, 0.2) is 0 Å². The predicted molar refractivity (Wildman–Crippen MR) is 137 cm³/mol. The van der Waals surface area contributed by atoms with E-state index in [2.05, 4.69) is 38.7 Å². The fraction of sp³-hybridized carbons (Fsp3) is 0.462. The lowest BCUT2D eigenvalue weighted by Gasteiger charge is -2.28. The van der Waals surface area contributed by atoms with E-state index in [0.717, 1.165) is 54.0 Å². The van der Waals surface area contributed by atoms with Crippen LogP contribution in [-0.2, 0) is 11.3 Å². The highest BCUT2D eigenvalue weighted by Gasteiger charge is 2.19. The van der Waals surface area contributed by atoms with Gasteiger partial charge in [0.2, 0.25) is 5.95 Å². The first kappa shape index (κ1) is 24.7. The average Bonchev–Trinajstić information content (AvgIpc) is 3.26. The lowest BCUT2D eigenvalue weighted by molar-refractivity contribution is 0.0523. The third-order valence-electron chi connectivity index (χ3n) is 6.04. The largest absolute Gasteiger partial charge is 0.444 e. The number of ether oxygens (including phenoxy) is 1. The van der Waals surface area contributed by atoms with Crippen LogP contribution in [0.5, 0.6) is 0 Å². The molecule has 0 unspecified atom stereocenters. The number of hydrogen-bond acceptors (Lipinski definition) is 7. The molecule has 3 heterocycles. The SMILES string of the molecule is Cc1cc(-c2ccnc(Nc3cnn(C4CCN(C)CC4)c3)n2)ccc1CNC(=O)OC(C)(C)C. The van der Waals surface area contributed by atoms with Gasteiger partial charge >= 0.3 is 6.09 Å². The van der Waals surface area contributed by atoms with E-state index in [4.69, 9.17) is 9.72 Å². The van der Waals surface area contributed by atoms with Crippen molar-refractivity contribution in [1.82, 2.24) is 30.0 Å². The van der Waals surface area contributed by atoms with Gasteiger partial charge in [0.05, 0.1) is 23.6 Å². The molecule has 2 aromatic heterocycles. The zero-order valence-corrected chi connectivity index (χ0v) is 21.2. The first-order valence-corrected chi connectivity index (χ1v) is 12.1. The first-order valence-electron chi connectivity index (χ1n) is 12.1. The van der Waals surface area contributed by atoms with Crippen molar-refractivity contribution < 1.29 is 9.53 Å². The standard InChI is InChI=1S/C26H35N7O2/c1-18-14-19(6-7-20(18)15-28-25(34)35-26(2,3)4)23-8-11-27-24(31-23)30-21-16-29-33(17-21)22-9-12-32(5)13-10-22/h6-8,11,14,16-17,22H,9-10,12-13,15H2,1-5H3,(H,28,34)(H,27,30,31). The summed E-state index contributed by atoms with van der Waals surface area (Å²) in [4.78, 5) is 23.4. The minimum atomic E-state index is -0.521. The molecule has 1 amide bonds. The van der Waals surface area contributed by atoms with E-state index in [1.165, 1.54) is 0 Å². The molecule has 4 rings (SSSR count). The van der Waals surface area contributed by atoms with Crippen LogP contribution < -0.4 is 10.6 Å². The molecule has 9 nitrogen and oxygen atoms in total. The van der Waals surface area contributed by atoms with Crippen LogP contribution in [0.25, 0.3) is 11.3 Å². The molecule has 0 saturated carbocycles. The lowest BCUT2D eigenvalue weighted by atomic mass is 10.0. The summed E-state index contributed by atoms with van der Waals surface area (Å²) in [5.74, 6) is 0.527. The van der Waals surface area contributed by atoms with Gasteiger partial charge < -0.3 is 20.3 Å². The smallest absolute Gasteiger partial charge is 0.407 e. The van der Waals surface area contributed by atoms with Gasteiger partial charge in [0, 0.05) is 24.5 Å². The number of carbonyl (C=O) groups is 1. The Morgan fingerprint density at radius 3 is 2.69 bits per heavy atom. The number of anilines is 2. The van der Waals surface area contributed by atoms with Gasteiger partial charge in [0.1, 0.15) is 5.60 Å². The maximum Gasteiger partial charge on any atom is 0.407 e. The Bertz CT molecular complexity index is 1160. The molecule has 0 spiro atoms. The summed E-state index contributed by atoms with van der Waals surface area (Å²) in [7, 11) is 2.16. The number of hydrogen-bond donors (Lipinski definition) is 2. The molecule has 1 aliphatic rings. The Morgan fingerprint density at radius 2 is 1.97 bits per heavy atom. The number of nitrogens with one attached hydrogen (secondary N) is 2. The van der Waals surface area contributed by atoms with Crippen molar-refractivity contribution in [3.63, 3.8) is 0 Å². The van der Waals surface area contributed by atoms with Crippen LogP contribution in [0, 0.1) is 6.92 Å². The van der Waals surface area contributed by atoms with E-state index >= 15 is 0 Å². The van der Waals surface area contributed by atoms with E-state index in [0.29, 0.717) is 18.5 Å². The lowest BCUT2D eigenvalue weighted by Crippen LogP contribution is -2.32. The van der Waals surface area contributed by atoms with E-state index in [9.17, 15) is 4.79 Å². The number of amides is 1. The van der Waals surface area contributed by atoms with Crippen molar-refractivity contribution in [2.75, 3.05) is 25.5 Å². The molecule has 186 valence electrons. The number of aromatic nitrogens is 4. The summed E-state index contributed by atoms with van der Waals surface area (Å²) in [5.41, 5.74) is 4.24. The average molecular weight is 478 g/mol. The van der Waals surface area contributed by atoms with Crippen molar-refractivity contribution in [3.8, 4) is 11.3 Å². The summed E-state index contributed by atoms with van der Waals surface area (Å²) in [6.07, 6.45) is 7.39. The first-order chi connectivity index (χ1) is 16.7. The normalized spacial score (nSPS) is 15.1. The summed E-state index contributed by atoms with van der Waals surface area (Å²) in [6, 6.07) is 8.39. The minimum Gasteiger partial charge on any atom is -0.444 e. The van der Waals surface area contributed by atoms with Gasteiger partial charge in [-0.1, -0.05) is 12.1 Å². The van der Waals surface area contributed by atoms with Crippen LogP contribution >= 0.6 is 0 Å². The van der Waals surface area contributed by atoms with Gasteiger partial charge in [-0.05, 0) is 83.9 Å². The van der Waals surface area contributed by atoms with Crippen LogP contribution in [0.15, 0.2) is 42.9 Å². The fourth-order valence-corrected chi connectivity index (χ4v) is 4.11. The van der Waals surface area contributed by atoms with Crippen molar-refractivity contribution in [3.05, 3.63) is 54.0 Å². The Hall–Kier alpha value is -3.46. The number of piperidine rings is 1. The molecule has 35 heavy (non-hydrogen) atoms. The van der Waals surface area contributed by atoms with Crippen LogP contribution in [-0.4, -0.2) is 56.5 Å². The number of alkyl carbamates (subject to hydrolysis) is 1. The number of benzene rings is 1. The van der Waals surface area contributed by atoms with Gasteiger partial charge in [-0.15, -0.1) is 0 Å². The molecule has 1 fully saturated rings. The summed E-state index contributed by atoms with van der Waals surface area (Å²) in [5, 5.41) is 10.6. The van der Waals surface area contributed by atoms with Crippen LogP contribution in [0.3, 0.4) is 0 Å². The summed E-state index contributed by atoms with van der Waals surface area (Å²) in [6.45, 7) is 10.1. The molecule has 0 atom stereocenters. The fourth-order valence-electron chi connectivity index (χ4n) is 4.11. The topological polar surface area (TPSA) is 97.2 Å². The molecule has 1 saturated heterocycles. The number of carbonyl (C=O) groups excluding carboxylic acids is 1. The van der Waals surface area contributed by atoms with Gasteiger partial charge in [-0.2, -0.15) is 5.10 Å². The molecule has 0 bridgehead atoms. The Balaban J connectivity index is 1.40. The molecule has 0 aliphatic carbocycles. The second kappa shape index (κ2) is 10.4. The highest BCUT2D eigenvalue weighted by atomic mass is 16.6.